The van der Waals surface area contributed by atoms with Gasteiger partial charge in [-0.15, -0.1) is 11.3 Å². The molecule has 0 fully saturated rings. The van der Waals surface area contributed by atoms with Gasteiger partial charge in [-0.05, 0) is 41.4 Å². The highest BCUT2D eigenvalue weighted by atomic mass is 79.9. The number of fused-ring (bicyclic) bond motifs is 1. The Morgan fingerprint density at radius 2 is 1.96 bits per heavy atom. The molecule has 3 aromatic heterocycles. The van der Waals surface area contributed by atoms with Gasteiger partial charge < -0.3 is 11.1 Å². The van der Waals surface area contributed by atoms with Crippen LogP contribution in [0.4, 0.5) is 18.9 Å². The molecule has 0 saturated heterocycles. The number of carbonyl (C=O) groups is 2. The third-order valence-corrected chi connectivity index (χ3v) is 6.14. The number of hydrogen-bond acceptors (Lipinski definition) is 5. The summed E-state index contributed by atoms with van der Waals surface area (Å²) in [5.74, 6) is -1.53. The van der Waals surface area contributed by atoms with Gasteiger partial charge in [0.1, 0.15) is 15.4 Å². The fourth-order valence-corrected chi connectivity index (χ4v) is 4.19. The zero-order valence-electron chi connectivity index (χ0n) is 14.7. The predicted octanol–water partition coefficient (Wildman–Crippen LogP) is 3.78. The van der Waals surface area contributed by atoms with Crippen LogP contribution in [-0.4, -0.2) is 26.6 Å². The Balaban J connectivity index is 2.16. The van der Waals surface area contributed by atoms with Gasteiger partial charge in [0.2, 0.25) is 0 Å². The number of anilines is 1. The van der Waals surface area contributed by atoms with E-state index in [0.717, 1.165) is 6.07 Å². The number of carbonyl (C=O) groups excluding carboxylic acids is 2. The second-order valence-electron chi connectivity index (χ2n) is 6.00. The lowest BCUT2D eigenvalue weighted by Gasteiger charge is -2.09. The van der Waals surface area contributed by atoms with Crippen molar-refractivity contribution in [2.45, 2.75) is 20.0 Å². The molecule has 0 unspecified atom stereocenters. The van der Waals surface area contributed by atoms with Gasteiger partial charge in [0.05, 0.1) is 15.9 Å². The van der Waals surface area contributed by atoms with Crippen LogP contribution in [0.5, 0.6) is 0 Å². The minimum absolute atomic E-state index is 0.0198. The molecule has 0 radical (unpaired) electrons. The van der Waals surface area contributed by atoms with E-state index in [1.807, 2.05) is 0 Å². The lowest BCUT2D eigenvalue weighted by atomic mass is 10.1. The van der Waals surface area contributed by atoms with Crippen LogP contribution in [0.25, 0.3) is 10.2 Å². The molecular formula is C16H13BrF3N5O2S. The van der Waals surface area contributed by atoms with Gasteiger partial charge in [0, 0.05) is 12.4 Å². The van der Waals surface area contributed by atoms with E-state index in [1.165, 1.54) is 11.6 Å². The second-order valence-corrected chi connectivity index (χ2v) is 7.79. The summed E-state index contributed by atoms with van der Waals surface area (Å²) in [6.07, 6.45) is -4.64. The van der Waals surface area contributed by atoms with Crippen molar-refractivity contribution in [3.05, 3.63) is 38.1 Å². The molecule has 0 bridgehead atoms. The fraction of sp³-hybridized carbons (Fsp3) is 0.250. The molecule has 0 spiro atoms. The van der Waals surface area contributed by atoms with Crippen molar-refractivity contribution in [3.8, 4) is 0 Å². The number of primary amides is 1. The number of thiophene rings is 1. The topological polar surface area (TPSA) is 103 Å². The number of nitrogens with zero attached hydrogens (tertiary/aromatic N) is 3. The van der Waals surface area contributed by atoms with Gasteiger partial charge in [-0.2, -0.15) is 18.3 Å². The monoisotopic (exact) mass is 475 g/mol. The van der Waals surface area contributed by atoms with Gasteiger partial charge in [-0.1, -0.05) is 0 Å². The molecule has 0 saturated carbocycles. The van der Waals surface area contributed by atoms with Gasteiger partial charge >= 0.3 is 6.18 Å². The minimum Gasteiger partial charge on any atom is -0.365 e. The summed E-state index contributed by atoms with van der Waals surface area (Å²) in [6.45, 7) is 3.18. The van der Waals surface area contributed by atoms with Crippen LogP contribution in [0.15, 0.2) is 10.5 Å². The largest absolute Gasteiger partial charge is 0.433 e. The predicted molar refractivity (Wildman–Crippen MR) is 101 cm³/mol. The molecule has 0 aliphatic heterocycles. The van der Waals surface area contributed by atoms with Crippen molar-refractivity contribution < 1.29 is 22.8 Å². The zero-order chi connectivity index (χ0) is 21.0. The highest BCUT2D eigenvalue weighted by Gasteiger charge is 2.34. The maximum atomic E-state index is 13.0. The molecular weight excluding hydrogens is 463 g/mol. The molecule has 0 atom stereocenters. The van der Waals surface area contributed by atoms with Crippen molar-refractivity contribution in [3.63, 3.8) is 0 Å². The summed E-state index contributed by atoms with van der Waals surface area (Å²) in [6, 6.07) is 0.857. The third-order valence-electron chi connectivity index (χ3n) is 4.09. The van der Waals surface area contributed by atoms with Crippen molar-refractivity contribution in [2.75, 3.05) is 5.32 Å². The van der Waals surface area contributed by atoms with Crippen LogP contribution in [0.2, 0.25) is 0 Å². The van der Waals surface area contributed by atoms with E-state index in [-0.39, 0.29) is 32.0 Å². The van der Waals surface area contributed by atoms with Gasteiger partial charge in [0.15, 0.2) is 5.69 Å². The number of pyridine rings is 1. The first-order valence-electron chi connectivity index (χ1n) is 7.73. The lowest BCUT2D eigenvalue weighted by molar-refractivity contribution is -0.141. The van der Waals surface area contributed by atoms with E-state index < -0.39 is 23.7 Å². The molecule has 148 valence electrons. The molecule has 0 aliphatic rings. The average Bonchev–Trinajstić information content (AvgIpc) is 3.07. The smallest absolute Gasteiger partial charge is 0.365 e. The van der Waals surface area contributed by atoms with Gasteiger partial charge in [-0.25, -0.2) is 4.98 Å². The Bertz CT molecular complexity index is 1140. The van der Waals surface area contributed by atoms with Crippen LogP contribution in [0.3, 0.4) is 0 Å². The Hall–Kier alpha value is -2.47. The zero-order valence-corrected chi connectivity index (χ0v) is 17.1. The standard InChI is InChI=1S/C16H13BrF3N5O2S/c1-5-4-7(16(18,19)20)22-15-8(5)10(12(28-15)13(21)26)23-14(27)11-9(17)6(2)25(3)24-11/h4H,1-3H3,(H2,21,26)(H,23,27). The first-order chi connectivity index (χ1) is 12.9. The molecule has 3 rings (SSSR count). The van der Waals surface area contributed by atoms with E-state index in [2.05, 4.69) is 31.3 Å². The lowest BCUT2D eigenvalue weighted by Crippen LogP contribution is -2.17. The summed E-state index contributed by atoms with van der Waals surface area (Å²) >= 11 is 3.97. The van der Waals surface area contributed by atoms with Crippen LogP contribution in [-0.2, 0) is 13.2 Å². The number of nitrogens with one attached hydrogen (secondary N) is 1. The number of halogens is 4. The van der Waals surface area contributed by atoms with Crippen LogP contribution in [0, 0.1) is 13.8 Å². The molecule has 7 nitrogen and oxygen atoms in total. The number of aryl methyl sites for hydroxylation is 2. The highest BCUT2D eigenvalue weighted by Crippen LogP contribution is 2.40. The molecule has 12 heteroatoms. The number of amides is 2. The van der Waals surface area contributed by atoms with Crippen molar-refractivity contribution >= 4 is 55.0 Å². The SMILES string of the molecule is Cc1cc(C(F)(F)F)nc2sc(C(N)=O)c(NC(=O)c3nn(C)c(C)c3Br)c12. The van der Waals surface area contributed by atoms with E-state index >= 15 is 0 Å². The minimum atomic E-state index is -4.64. The normalized spacial score (nSPS) is 11.8. The number of alkyl halides is 3. The molecule has 0 aromatic carbocycles. The summed E-state index contributed by atoms with van der Waals surface area (Å²) in [7, 11) is 1.65. The van der Waals surface area contributed by atoms with Gasteiger partial charge in [-0.3, -0.25) is 14.3 Å². The first kappa shape index (κ1) is 20.3. The summed E-state index contributed by atoms with van der Waals surface area (Å²) in [5, 5.41) is 6.88. The molecule has 3 aromatic rings. The Morgan fingerprint density at radius 3 is 2.46 bits per heavy atom. The Labute approximate surface area is 168 Å². The van der Waals surface area contributed by atoms with Crippen molar-refractivity contribution in [1.82, 2.24) is 14.8 Å². The number of rotatable bonds is 3. The highest BCUT2D eigenvalue weighted by molar-refractivity contribution is 9.10. The Kier molecular flexibility index (Phi) is 4.96. The van der Waals surface area contributed by atoms with Crippen molar-refractivity contribution in [1.29, 1.82) is 0 Å². The molecule has 2 amide bonds. The number of hydrogen-bond donors (Lipinski definition) is 2. The van der Waals surface area contributed by atoms with Crippen molar-refractivity contribution in [2.24, 2.45) is 12.8 Å². The number of nitrogens with two attached hydrogens (primary N) is 1. The maximum Gasteiger partial charge on any atom is 0.433 e. The van der Waals surface area contributed by atoms with E-state index in [0.29, 0.717) is 21.5 Å². The molecule has 3 heterocycles. The van der Waals surface area contributed by atoms with E-state index in [4.69, 9.17) is 5.73 Å². The van der Waals surface area contributed by atoms with Gasteiger partial charge in [0.25, 0.3) is 11.8 Å². The summed E-state index contributed by atoms with van der Waals surface area (Å²) in [4.78, 5) is 28.0. The molecule has 28 heavy (non-hydrogen) atoms. The van der Waals surface area contributed by atoms with E-state index in [9.17, 15) is 22.8 Å². The average molecular weight is 476 g/mol. The second kappa shape index (κ2) is 6.85. The molecule has 3 N–H and O–H groups in total. The first-order valence-corrected chi connectivity index (χ1v) is 9.34. The summed E-state index contributed by atoms with van der Waals surface area (Å²) in [5.41, 5.74) is 5.26. The quantitative estimate of drug-likeness (QED) is 0.601. The third kappa shape index (κ3) is 3.37. The van der Waals surface area contributed by atoms with Crippen LogP contribution < -0.4 is 11.1 Å². The summed E-state index contributed by atoms with van der Waals surface area (Å²) < 4.78 is 41.1. The van der Waals surface area contributed by atoms with E-state index in [1.54, 1.807) is 14.0 Å². The van der Waals surface area contributed by atoms with Crippen LogP contribution in [0.1, 0.15) is 37.1 Å². The van der Waals surface area contributed by atoms with Crippen LogP contribution >= 0.6 is 27.3 Å². The molecule has 0 aliphatic carbocycles. The Morgan fingerprint density at radius 1 is 1.32 bits per heavy atom. The fourth-order valence-electron chi connectivity index (χ4n) is 2.62. The number of aromatic nitrogens is 3. The maximum absolute atomic E-state index is 13.0.